The first-order valence-electron chi connectivity index (χ1n) is 9.56. The third kappa shape index (κ3) is 5.64. The lowest BCUT2D eigenvalue weighted by molar-refractivity contribution is -0.274. The van der Waals surface area contributed by atoms with Crippen LogP contribution in [0.4, 0.5) is 18.9 Å². The highest BCUT2D eigenvalue weighted by Crippen LogP contribution is 2.28. The Kier molecular flexibility index (Phi) is 5.94. The van der Waals surface area contributed by atoms with Crippen molar-refractivity contribution in [3.63, 3.8) is 0 Å². The number of ether oxygens (including phenoxy) is 2. The highest BCUT2D eigenvalue weighted by Gasteiger charge is 2.32. The van der Waals surface area contributed by atoms with Crippen LogP contribution in [-0.2, 0) is 0 Å². The molecule has 0 aliphatic carbocycles. The monoisotopic (exact) mass is 455 g/mol. The van der Waals surface area contributed by atoms with E-state index in [0.29, 0.717) is 29.0 Å². The lowest BCUT2D eigenvalue weighted by Gasteiger charge is -2.13. The van der Waals surface area contributed by atoms with Gasteiger partial charge in [0.05, 0.1) is 5.56 Å². The summed E-state index contributed by atoms with van der Waals surface area (Å²) in [5.74, 6) is 0.405. The molecule has 2 heterocycles. The molecule has 0 spiro atoms. The number of nitrogens with zero attached hydrogens (tertiary/aromatic N) is 4. The van der Waals surface area contributed by atoms with Crippen molar-refractivity contribution >= 4 is 11.6 Å². The van der Waals surface area contributed by atoms with E-state index in [0.717, 1.165) is 6.07 Å². The summed E-state index contributed by atoms with van der Waals surface area (Å²) in [7, 11) is 0. The number of hydrogen-bond donors (Lipinski definition) is 1. The van der Waals surface area contributed by atoms with Crippen LogP contribution in [0, 0.1) is 6.92 Å². The number of amides is 1. The minimum atomic E-state index is -4.91. The average Bonchev–Trinajstić information content (AvgIpc) is 3.29. The maximum atomic E-state index is 12.6. The molecule has 33 heavy (non-hydrogen) atoms. The van der Waals surface area contributed by atoms with Crippen LogP contribution in [0.3, 0.4) is 0 Å². The van der Waals surface area contributed by atoms with E-state index < -0.39 is 18.0 Å². The van der Waals surface area contributed by atoms with E-state index in [9.17, 15) is 18.0 Å². The van der Waals surface area contributed by atoms with Gasteiger partial charge in [-0.25, -0.2) is 9.67 Å². The first kappa shape index (κ1) is 21.8. The van der Waals surface area contributed by atoms with Gasteiger partial charge in [0.15, 0.2) is 5.82 Å². The standard InChI is InChI=1S/C22H16F3N5O3/c1-14-27-19(30-12-4-11-26-30)13-20(28-14)32-16-9-7-15(8-10-16)29-21(31)17-5-2-3-6-18(17)33-22(23,24)25/h2-13H,1H3,(H,29,31). The number of alkyl halides is 3. The Labute approximate surface area is 185 Å². The van der Waals surface area contributed by atoms with Gasteiger partial charge >= 0.3 is 6.36 Å². The van der Waals surface area contributed by atoms with Crippen LogP contribution in [0.1, 0.15) is 16.2 Å². The summed E-state index contributed by atoms with van der Waals surface area (Å²) in [6.07, 6.45) is -1.55. The molecule has 4 rings (SSSR count). The van der Waals surface area contributed by atoms with Gasteiger partial charge in [-0.15, -0.1) is 13.2 Å². The fourth-order valence-corrected chi connectivity index (χ4v) is 2.89. The van der Waals surface area contributed by atoms with Crippen molar-refractivity contribution in [3.8, 4) is 23.2 Å². The zero-order chi connectivity index (χ0) is 23.4. The van der Waals surface area contributed by atoms with Crippen molar-refractivity contribution in [2.45, 2.75) is 13.3 Å². The number of anilines is 1. The second-order valence-electron chi connectivity index (χ2n) is 6.69. The molecule has 0 aliphatic rings. The number of aromatic nitrogens is 4. The molecule has 0 bridgehead atoms. The van der Waals surface area contributed by atoms with Crippen LogP contribution in [0.25, 0.3) is 5.82 Å². The fourth-order valence-electron chi connectivity index (χ4n) is 2.89. The van der Waals surface area contributed by atoms with E-state index in [2.05, 4.69) is 25.1 Å². The van der Waals surface area contributed by atoms with E-state index in [1.54, 1.807) is 60.4 Å². The van der Waals surface area contributed by atoms with Crippen LogP contribution in [0.2, 0.25) is 0 Å². The number of rotatable bonds is 6. The summed E-state index contributed by atoms with van der Waals surface area (Å²) >= 11 is 0. The van der Waals surface area contributed by atoms with Crippen LogP contribution >= 0.6 is 0 Å². The second kappa shape index (κ2) is 8.99. The first-order chi connectivity index (χ1) is 15.8. The molecule has 4 aromatic rings. The van der Waals surface area contributed by atoms with Crippen molar-refractivity contribution in [1.82, 2.24) is 19.7 Å². The molecule has 0 atom stereocenters. The van der Waals surface area contributed by atoms with Gasteiger partial charge in [0, 0.05) is 24.1 Å². The predicted molar refractivity (Wildman–Crippen MR) is 111 cm³/mol. The van der Waals surface area contributed by atoms with Crippen molar-refractivity contribution in [1.29, 1.82) is 0 Å². The number of para-hydroxylation sites is 1. The van der Waals surface area contributed by atoms with E-state index in [4.69, 9.17) is 4.74 Å². The van der Waals surface area contributed by atoms with Crippen LogP contribution in [-0.4, -0.2) is 32.0 Å². The van der Waals surface area contributed by atoms with Gasteiger partial charge in [-0.05, 0) is 49.4 Å². The molecular formula is C22H16F3N5O3. The Morgan fingerprint density at radius 3 is 2.48 bits per heavy atom. The summed E-state index contributed by atoms with van der Waals surface area (Å²) < 4.78 is 49.0. The Balaban J connectivity index is 1.46. The van der Waals surface area contributed by atoms with Gasteiger partial charge in [0.1, 0.15) is 17.3 Å². The molecule has 2 aromatic carbocycles. The summed E-state index contributed by atoms with van der Waals surface area (Å²) in [5.41, 5.74) is 0.100. The van der Waals surface area contributed by atoms with Crippen LogP contribution < -0.4 is 14.8 Å². The maximum Gasteiger partial charge on any atom is 0.573 e. The number of benzene rings is 2. The Morgan fingerprint density at radius 1 is 1.03 bits per heavy atom. The molecule has 0 saturated heterocycles. The molecule has 0 fully saturated rings. The van der Waals surface area contributed by atoms with Crippen molar-refractivity contribution in [2.24, 2.45) is 0 Å². The third-order valence-corrected chi connectivity index (χ3v) is 4.23. The number of carbonyl (C=O) groups is 1. The summed E-state index contributed by atoms with van der Waals surface area (Å²) in [4.78, 5) is 21.0. The van der Waals surface area contributed by atoms with Crippen molar-refractivity contribution < 1.29 is 27.4 Å². The van der Waals surface area contributed by atoms with Crippen LogP contribution in [0.5, 0.6) is 17.4 Å². The highest BCUT2D eigenvalue weighted by molar-refractivity contribution is 6.06. The number of carbonyl (C=O) groups excluding carboxylic acids is 1. The van der Waals surface area contributed by atoms with Gasteiger partial charge in [-0.1, -0.05) is 12.1 Å². The quantitative estimate of drug-likeness (QED) is 0.444. The van der Waals surface area contributed by atoms with Crippen molar-refractivity contribution in [3.05, 3.63) is 84.4 Å². The van der Waals surface area contributed by atoms with Gasteiger partial charge in [-0.2, -0.15) is 10.1 Å². The first-order valence-corrected chi connectivity index (χ1v) is 9.56. The molecule has 0 saturated carbocycles. The Hall–Kier alpha value is -4.41. The summed E-state index contributed by atoms with van der Waals surface area (Å²) in [6, 6.07) is 14.7. The van der Waals surface area contributed by atoms with Crippen LogP contribution in [0.15, 0.2) is 73.1 Å². The molecule has 1 amide bonds. The lowest BCUT2D eigenvalue weighted by atomic mass is 10.2. The summed E-state index contributed by atoms with van der Waals surface area (Å²) in [6.45, 7) is 1.72. The zero-order valence-corrected chi connectivity index (χ0v) is 17.1. The van der Waals surface area contributed by atoms with Gasteiger partial charge < -0.3 is 14.8 Å². The number of halogens is 3. The number of nitrogens with one attached hydrogen (secondary N) is 1. The highest BCUT2D eigenvalue weighted by atomic mass is 19.4. The SMILES string of the molecule is Cc1nc(Oc2ccc(NC(=O)c3ccccc3OC(F)(F)F)cc2)cc(-n2cccn2)n1. The maximum absolute atomic E-state index is 12.6. The smallest absolute Gasteiger partial charge is 0.439 e. The van der Waals surface area contributed by atoms with E-state index >= 15 is 0 Å². The van der Waals surface area contributed by atoms with E-state index in [-0.39, 0.29) is 5.56 Å². The molecule has 0 aliphatic heterocycles. The topological polar surface area (TPSA) is 91.2 Å². The van der Waals surface area contributed by atoms with Crippen molar-refractivity contribution in [2.75, 3.05) is 5.32 Å². The predicted octanol–water partition coefficient (Wildman–Crippen LogP) is 4.91. The minimum Gasteiger partial charge on any atom is -0.439 e. The third-order valence-electron chi connectivity index (χ3n) is 4.23. The Bertz CT molecular complexity index is 1260. The molecule has 0 radical (unpaired) electrons. The van der Waals surface area contributed by atoms with Gasteiger partial charge in [0.2, 0.25) is 5.88 Å². The van der Waals surface area contributed by atoms with Gasteiger partial charge in [0.25, 0.3) is 5.91 Å². The molecular weight excluding hydrogens is 439 g/mol. The summed E-state index contributed by atoms with van der Waals surface area (Å²) in [5, 5.41) is 6.66. The lowest BCUT2D eigenvalue weighted by Crippen LogP contribution is -2.20. The molecule has 0 unspecified atom stereocenters. The second-order valence-corrected chi connectivity index (χ2v) is 6.69. The Morgan fingerprint density at radius 2 is 1.79 bits per heavy atom. The van der Waals surface area contributed by atoms with E-state index in [1.165, 1.54) is 18.2 Å². The molecule has 168 valence electrons. The zero-order valence-electron chi connectivity index (χ0n) is 17.1. The normalized spacial score (nSPS) is 11.2. The number of hydrogen-bond acceptors (Lipinski definition) is 6. The molecule has 11 heteroatoms. The van der Waals surface area contributed by atoms with E-state index in [1.807, 2.05) is 0 Å². The van der Waals surface area contributed by atoms with Gasteiger partial charge in [-0.3, -0.25) is 4.79 Å². The average molecular weight is 455 g/mol. The largest absolute Gasteiger partial charge is 0.573 e. The molecule has 8 nitrogen and oxygen atoms in total. The fraction of sp³-hybridized carbons (Fsp3) is 0.0909. The molecule has 1 N–H and O–H groups in total. The minimum absolute atomic E-state index is 0.252. The molecule has 2 aromatic heterocycles. The number of aryl methyl sites for hydroxylation is 1.